The van der Waals surface area contributed by atoms with Crippen LogP contribution in [0.25, 0.3) is 0 Å². The topological polar surface area (TPSA) is 41.6 Å². The highest BCUT2D eigenvalue weighted by atomic mass is 16.5. The first-order valence-corrected chi connectivity index (χ1v) is 9.37. The van der Waals surface area contributed by atoms with Crippen molar-refractivity contribution in [3.8, 4) is 0 Å². The van der Waals surface area contributed by atoms with Crippen LogP contribution in [0.5, 0.6) is 0 Å². The zero-order valence-electron chi connectivity index (χ0n) is 14.7. The highest BCUT2D eigenvalue weighted by Crippen LogP contribution is 2.29. The van der Waals surface area contributed by atoms with Crippen molar-refractivity contribution in [1.29, 1.82) is 0 Å². The lowest BCUT2D eigenvalue weighted by molar-refractivity contribution is 0.0189. The predicted molar refractivity (Wildman–Crippen MR) is 96.1 cm³/mol. The van der Waals surface area contributed by atoms with Crippen molar-refractivity contribution in [2.75, 3.05) is 26.8 Å². The molecule has 1 heterocycles. The van der Waals surface area contributed by atoms with Crippen LogP contribution < -0.4 is 5.32 Å². The quantitative estimate of drug-likeness (QED) is 0.902. The molecule has 1 saturated heterocycles. The molecule has 0 radical (unpaired) electrons. The molecule has 1 amide bonds. The molecular weight excluding hydrogens is 300 g/mol. The molecule has 132 valence electrons. The third-order valence-electron chi connectivity index (χ3n) is 5.75. The summed E-state index contributed by atoms with van der Waals surface area (Å²) in [5.41, 5.74) is 0.755. The van der Waals surface area contributed by atoms with E-state index in [4.69, 9.17) is 4.74 Å². The van der Waals surface area contributed by atoms with E-state index in [9.17, 15) is 4.79 Å². The molecule has 2 aliphatic rings. The highest BCUT2D eigenvalue weighted by Gasteiger charge is 2.28. The lowest BCUT2D eigenvalue weighted by Crippen LogP contribution is -2.45. The Hall–Kier alpha value is -1.39. The minimum Gasteiger partial charge on any atom is -0.381 e. The molecule has 1 aromatic carbocycles. The van der Waals surface area contributed by atoms with Crippen LogP contribution in [0, 0.1) is 5.92 Å². The molecule has 1 aliphatic heterocycles. The summed E-state index contributed by atoms with van der Waals surface area (Å²) in [4.78, 5) is 14.7. The summed E-state index contributed by atoms with van der Waals surface area (Å²) in [5, 5.41) is 3.11. The number of carbonyl (C=O) groups excluding carboxylic acids is 1. The van der Waals surface area contributed by atoms with Gasteiger partial charge in [0.1, 0.15) is 0 Å². The molecule has 4 nitrogen and oxygen atoms in total. The Labute approximate surface area is 145 Å². The fraction of sp³-hybridized carbons (Fsp3) is 0.650. The van der Waals surface area contributed by atoms with Gasteiger partial charge in [0.25, 0.3) is 5.91 Å². The van der Waals surface area contributed by atoms with Gasteiger partial charge in [0.15, 0.2) is 0 Å². The first kappa shape index (κ1) is 17.4. The van der Waals surface area contributed by atoms with Gasteiger partial charge in [-0.05, 0) is 63.6 Å². The fourth-order valence-electron chi connectivity index (χ4n) is 4.08. The van der Waals surface area contributed by atoms with Crippen LogP contribution in [0.2, 0.25) is 0 Å². The minimum absolute atomic E-state index is 0.0528. The summed E-state index contributed by atoms with van der Waals surface area (Å²) in [6, 6.07) is 10.9. The van der Waals surface area contributed by atoms with E-state index >= 15 is 0 Å². The Kier molecular flexibility index (Phi) is 6.27. The molecule has 0 bridgehead atoms. The lowest BCUT2D eigenvalue weighted by atomic mass is 9.84. The third kappa shape index (κ3) is 4.58. The van der Waals surface area contributed by atoms with Gasteiger partial charge in [0.2, 0.25) is 0 Å². The molecule has 24 heavy (non-hydrogen) atoms. The van der Waals surface area contributed by atoms with Crippen molar-refractivity contribution in [2.45, 2.75) is 50.6 Å². The third-order valence-corrected chi connectivity index (χ3v) is 5.75. The van der Waals surface area contributed by atoms with Crippen LogP contribution in [-0.2, 0) is 4.74 Å². The number of ether oxygens (including phenoxy) is 1. The number of carbonyl (C=O) groups is 1. The summed E-state index contributed by atoms with van der Waals surface area (Å²) < 4.78 is 5.48. The van der Waals surface area contributed by atoms with E-state index < -0.39 is 0 Å². The Morgan fingerprint density at radius 2 is 1.67 bits per heavy atom. The average Bonchev–Trinajstić information content (AvgIpc) is 2.67. The molecule has 1 saturated carbocycles. The number of nitrogens with zero attached hydrogens (tertiary/aromatic N) is 1. The van der Waals surface area contributed by atoms with Gasteiger partial charge in [-0.15, -0.1) is 0 Å². The van der Waals surface area contributed by atoms with Gasteiger partial charge < -0.3 is 15.0 Å². The number of hydrogen-bond donors (Lipinski definition) is 1. The van der Waals surface area contributed by atoms with Crippen molar-refractivity contribution in [1.82, 2.24) is 10.2 Å². The summed E-state index contributed by atoms with van der Waals surface area (Å²) in [7, 11) is 2.29. The lowest BCUT2D eigenvalue weighted by Gasteiger charge is -2.40. The number of rotatable bonds is 5. The van der Waals surface area contributed by atoms with Gasteiger partial charge in [-0.1, -0.05) is 18.2 Å². The highest BCUT2D eigenvalue weighted by molar-refractivity contribution is 5.94. The fourth-order valence-corrected chi connectivity index (χ4v) is 4.08. The Morgan fingerprint density at radius 3 is 2.33 bits per heavy atom. The summed E-state index contributed by atoms with van der Waals surface area (Å²) in [5.74, 6) is 0.675. The van der Waals surface area contributed by atoms with E-state index in [-0.39, 0.29) is 5.91 Å². The van der Waals surface area contributed by atoms with Crippen LogP contribution in [0.15, 0.2) is 30.3 Å². The molecule has 3 rings (SSSR count). The van der Waals surface area contributed by atoms with Crippen LogP contribution in [-0.4, -0.2) is 49.7 Å². The van der Waals surface area contributed by atoms with E-state index in [1.807, 2.05) is 30.3 Å². The second kappa shape index (κ2) is 8.63. The van der Waals surface area contributed by atoms with Gasteiger partial charge in [-0.25, -0.2) is 0 Å². The maximum absolute atomic E-state index is 12.1. The summed E-state index contributed by atoms with van der Waals surface area (Å²) >= 11 is 0. The Balaban J connectivity index is 1.39. The van der Waals surface area contributed by atoms with Crippen LogP contribution in [0.4, 0.5) is 0 Å². The zero-order valence-corrected chi connectivity index (χ0v) is 14.7. The van der Waals surface area contributed by atoms with Gasteiger partial charge in [0, 0.05) is 37.4 Å². The second-order valence-electron chi connectivity index (χ2n) is 7.26. The molecule has 4 heteroatoms. The molecule has 0 unspecified atom stereocenters. The monoisotopic (exact) mass is 330 g/mol. The molecular formula is C20H30N2O2. The Bertz CT molecular complexity index is 506. The largest absolute Gasteiger partial charge is 0.381 e. The van der Waals surface area contributed by atoms with Gasteiger partial charge in [0.05, 0.1) is 0 Å². The van der Waals surface area contributed by atoms with E-state index in [1.54, 1.807) is 0 Å². The summed E-state index contributed by atoms with van der Waals surface area (Å²) in [6.45, 7) is 2.63. The van der Waals surface area contributed by atoms with Gasteiger partial charge in [-0.2, -0.15) is 0 Å². The van der Waals surface area contributed by atoms with Crippen LogP contribution in [0.3, 0.4) is 0 Å². The van der Waals surface area contributed by atoms with Crippen LogP contribution >= 0.6 is 0 Å². The standard InChI is InChI=1S/C20H30N2O2/c1-22(19-11-13-24-14-12-19)18-9-7-16(8-10-18)15-21-20(23)17-5-3-2-4-6-17/h2-6,16,18-19H,7-15H2,1H3,(H,21,23). The van der Waals surface area contributed by atoms with Crippen molar-refractivity contribution >= 4 is 5.91 Å². The molecule has 0 spiro atoms. The van der Waals surface area contributed by atoms with E-state index in [2.05, 4.69) is 17.3 Å². The number of nitrogens with one attached hydrogen (secondary N) is 1. The average molecular weight is 330 g/mol. The molecule has 0 aromatic heterocycles. The maximum Gasteiger partial charge on any atom is 0.251 e. The molecule has 1 aliphatic carbocycles. The van der Waals surface area contributed by atoms with Gasteiger partial charge in [-0.3, -0.25) is 4.79 Å². The SMILES string of the molecule is CN(C1CCOCC1)C1CCC(CNC(=O)c2ccccc2)CC1. The van der Waals surface area contributed by atoms with Crippen molar-refractivity contribution in [2.24, 2.45) is 5.92 Å². The van der Waals surface area contributed by atoms with Crippen molar-refractivity contribution in [3.63, 3.8) is 0 Å². The second-order valence-corrected chi connectivity index (χ2v) is 7.26. The number of benzene rings is 1. The van der Waals surface area contributed by atoms with E-state index in [0.29, 0.717) is 18.0 Å². The van der Waals surface area contributed by atoms with Crippen LogP contribution in [0.1, 0.15) is 48.9 Å². The Morgan fingerprint density at radius 1 is 1.04 bits per heavy atom. The van der Waals surface area contributed by atoms with E-state index in [0.717, 1.165) is 25.3 Å². The predicted octanol–water partition coefficient (Wildman–Crippen LogP) is 3.09. The summed E-state index contributed by atoms with van der Waals surface area (Å²) in [6.07, 6.45) is 7.27. The smallest absolute Gasteiger partial charge is 0.251 e. The first-order chi connectivity index (χ1) is 11.7. The first-order valence-electron chi connectivity index (χ1n) is 9.37. The normalized spacial score (nSPS) is 25.6. The molecule has 1 N–H and O–H groups in total. The van der Waals surface area contributed by atoms with Crippen molar-refractivity contribution < 1.29 is 9.53 Å². The molecule has 0 atom stereocenters. The zero-order chi connectivity index (χ0) is 16.8. The van der Waals surface area contributed by atoms with Crippen molar-refractivity contribution in [3.05, 3.63) is 35.9 Å². The van der Waals surface area contributed by atoms with Gasteiger partial charge >= 0.3 is 0 Å². The van der Waals surface area contributed by atoms with E-state index in [1.165, 1.54) is 38.5 Å². The number of amides is 1. The molecule has 2 fully saturated rings. The maximum atomic E-state index is 12.1. The molecule has 1 aromatic rings. The minimum atomic E-state index is 0.0528. The number of hydrogen-bond acceptors (Lipinski definition) is 3.